The number of anilines is 1. The van der Waals surface area contributed by atoms with Gasteiger partial charge in [-0.3, -0.25) is 4.68 Å². The zero-order valence-corrected chi connectivity index (χ0v) is 17.1. The Morgan fingerprint density at radius 3 is 2.67 bits per heavy atom. The minimum Gasteiger partial charge on any atom is -0.377 e. The second-order valence-corrected chi connectivity index (χ2v) is 9.81. The fourth-order valence-corrected chi connectivity index (χ4v) is 6.02. The highest BCUT2D eigenvalue weighted by atomic mass is 35.5. The van der Waals surface area contributed by atoms with Crippen molar-refractivity contribution >= 4 is 27.3 Å². The number of aromatic nitrogens is 4. The molecule has 27 heavy (non-hydrogen) atoms. The molecule has 3 heterocycles. The van der Waals surface area contributed by atoms with Gasteiger partial charge in [0.05, 0.1) is 30.6 Å². The molecular weight excluding hydrogens is 390 g/mol. The highest BCUT2D eigenvalue weighted by Crippen LogP contribution is 2.55. The van der Waals surface area contributed by atoms with Crippen LogP contribution in [0.25, 0.3) is 0 Å². The molecule has 1 atom stereocenters. The molecule has 1 aliphatic carbocycles. The molecule has 146 valence electrons. The van der Waals surface area contributed by atoms with Crippen molar-refractivity contribution in [1.82, 2.24) is 19.7 Å². The molecule has 0 unspecified atom stereocenters. The largest absolute Gasteiger partial charge is 0.377 e. The number of halogens is 1. The molecule has 2 aromatic heterocycles. The summed E-state index contributed by atoms with van der Waals surface area (Å²) in [6, 6.07) is 1.90. The fraction of sp³-hybridized carbons (Fsp3) is 0.588. The summed E-state index contributed by atoms with van der Waals surface area (Å²) in [5.74, 6) is 0.644. The van der Waals surface area contributed by atoms with Crippen molar-refractivity contribution in [3.63, 3.8) is 0 Å². The van der Waals surface area contributed by atoms with Gasteiger partial charge in [0.15, 0.2) is 9.84 Å². The summed E-state index contributed by atoms with van der Waals surface area (Å²) in [6.45, 7) is 5.61. The van der Waals surface area contributed by atoms with Gasteiger partial charge in [-0.05, 0) is 38.3 Å². The summed E-state index contributed by atoms with van der Waals surface area (Å²) in [4.78, 5) is 11.0. The van der Waals surface area contributed by atoms with E-state index in [4.69, 9.17) is 16.3 Å². The van der Waals surface area contributed by atoms with Crippen LogP contribution in [0.4, 0.5) is 5.82 Å². The van der Waals surface area contributed by atoms with E-state index in [1.54, 1.807) is 26.2 Å². The van der Waals surface area contributed by atoms with Crippen molar-refractivity contribution in [1.29, 1.82) is 0 Å². The number of hydrogen-bond acceptors (Lipinski definition) is 7. The first kappa shape index (κ1) is 18.6. The Balaban J connectivity index is 1.78. The second-order valence-electron chi connectivity index (χ2n) is 7.25. The monoisotopic (exact) mass is 411 g/mol. The fourth-order valence-electron chi connectivity index (χ4n) is 3.68. The zero-order chi connectivity index (χ0) is 19.4. The maximum absolute atomic E-state index is 13.4. The first-order valence-electron chi connectivity index (χ1n) is 8.89. The second kappa shape index (κ2) is 6.42. The van der Waals surface area contributed by atoms with Crippen LogP contribution < -0.4 is 4.90 Å². The molecule has 2 aromatic rings. The normalized spacial score (nSPS) is 22.1. The molecule has 2 aliphatic rings. The number of rotatable bonds is 4. The molecular formula is C17H22ClN5O3S. The SMILES string of the molecule is Cc1nn(C)cc1S(=O)(=O)C1(c2cc(N3CCOC[C@@H]3C)nc(Cl)n2)CC1. The molecule has 0 radical (unpaired) electrons. The summed E-state index contributed by atoms with van der Waals surface area (Å²) in [7, 11) is -1.93. The van der Waals surface area contributed by atoms with Crippen LogP contribution in [0.5, 0.6) is 0 Å². The predicted molar refractivity (Wildman–Crippen MR) is 101 cm³/mol. The van der Waals surface area contributed by atoms with Crippen LogP contribution in [0.15, 0.2) is 17.2 Å². The average Bonchev–Trinajstić information content (AvgIpc) is 3.35. The summed E-state index contributed by atoms with van der Waals surface area (Å²) in [5.41, 5.74) is 0.949. The molecule has 8 nitrogen and oxygen atoms in total. The van der Waals surface area contributed by atoms with Crippen molar-refractivity contribution in [2.24, 2.45) is 7.05 Å². The summed E-state index contributed by atoms with van der Waals surface area (Å²) >= 11 is 6.19. The highest BCUT2D eigenvalue weighted by molar-refractivity contribution is 7.92. The van der Waals surface area contributed by atoms with Gasteiger partial charge in [-0.1, -0.05) is 0 Å². The van der Waals surface area contributed by atoms with Crippen molar-refractivity contribution in [3.8, 4) is 0 Å². The maximum atomic E-state index is 13.4. The molecule has 1 saturated heterocycles. The summed E-state index contributed by atoms with van der Waals surface area (Å²) in [6.07, 6.45) is 2.57. The van der Waals surface area contributed by atoms with E-state index in [9.17, 15) is 8.42 Å². The first-order valence-corrected chi connectivity index (χ1v) is 10.7. The molecule has 0 spiro atoms. The van der Waals surface area contributed by atoms with Crippen LogP contribution in [0, 0.1) is 6.92 Å². The van der Waals surface area contributed by atoms with E-state index in [0.29, 0.717) is 49.8 Å². The van der Waals surface area contributed by atoms with Crippen LogP contribution in [0.2, 0.25) is 5.28 Å². The van der Waals surface area contributed by atoms with E-state index in [2.05, 4.69) is 20.0 Å². The van der Waals surface area contributed by atoms with E-state index in [1.807, 2.05) is 6.92 Å². The molecule has 4 rings (SSSR count). The number of hydrogen-bond donors (Lipinski definition) is 0. The van der Waals surface area contributed by atoms with Gasteiger partial charge in [0.25, 0.3) is 0 Å². The molecule has 10 heteroatoms. The third kappa shape index (κ3) is 3.01. The minimum atomic E-state index is -3.64. The maximum Gasteiger partial charge on any atom is 0.224 e. The number of sulfone groups is 1. The van der Waals surface area contributed by atoms with Crippen LogP contribution in [-0.4, -0.2) is 54.0 Å². The summed E-state index contributed by atoms with van der Waals surface area (Å²) < 4.78 is 32.8. The molecule has 0 amide bonds. The molecule has 0 aromatic carbocycles. The number of morpholine rings is 1. The van der Waals surface area contributed by atoms with Gasteiger partial charge >= 0.3 is 0 Å². The van der Waals surface area contributed by atoms with Gasteiger partial charge < -0.3 is 9.64 Å². The number of ether oxygens (including phenoxy) is 1. The minimum absolute atomic E-state index is 0.0607. The van der Waals surface area contributed by atoms with E-state index in [-0.39, 0.29) is 16.2 Å². The van der Waals surface area contributed by atoms with Gasteiger partial charge in [-0.15, -0.1) is 0 Å². The van der Waals surface area contributed by atoms with E-state index in [0.717, 1.165) is 0 Å². The molecule has 0 N–H and O–H groups in total. The van der Waals surface area contributed by atoms with Crippen molar-refractivity contribution in [2.45, 2.75) is 42.4 Å². The summed E-state index contributed by atoms with van der Waals surface area (Å²) in [5, 5.41) is 4.25. The third-order valence-corrected chi connectivity index (χ3v) is 8.09. The zero-order valence-electron chi connectivity index (χ0n) is 15.5. The molecule has 1 saturated carbocycles. The number of nitrogens with zero attached hydrogens (tertiary/aromatic N) is 5. The van der Waals surface area contributed by atoms with Crippen LogP contribution in [0.3, 0.4) is 0 Å². The van der Waals surface area contributed by atoms with Crippen molar-refractivity contribution in [3.05, 3.63) is 28.9 Å². The Hall–Kier alpha value is -1.71. The molecule has 1 aliphatic heterocycles. The lowest BCUT2D eigenvalue weighted by molar-refractivity contribution is 0.0985. The standard InChI is InChI=1S/C17H22ClN5O3S/c1-11-10-26-7-6-23(11)15-8-14(19-16(18)20-15)17(4-5-17)27(24,25)13-9-22(3)21-12(13)2/h8-9,11H,4-7,10H2,1-3H3/t11-/m0/s1. The lowest BCUT2D eigenvalue weighted by Crippen LogP contribution is -2.44. The van der Waals surface area contributed by atoms with Gasteiger partial charge in [-0.2, -0.15) is 5.10 Å². The predicted octanol–water partition coefficient (Wildman–Crippen LogP) is 1.86. The Kier molecular flexibility index (Phi) is 4.44. The third-order valence-electron chi connectivity index (χ3n) is 5.29. The highest BCUT2D eigenvalue weighted by Gasteiger charge is 2.58. The smallest absolute Gasteiger partial charge is 0.224 e. The van der Waals surface area contributed by atoms with Gasteiger partial charge in [-0.25, -0.2) is 18.4 Å². The lowest BCUT2D eigenvalue weighted by Gasteiger charge is -2.34. The van der Waals surface area contributed by atoms with Gasteiger partial charge in [0.1, 0.15) is 15.5 Å². The Labute approximate surface area is 163 Å². The quantitative estimate of drug-likeness (QED) is 0.709. The first-order chi connectivity index (χ1) is 12.7. The van der Waals surface area contributed by atoms with Crippen molar-refractivity contribution < 1.29 is 13.2 Å². The topological polar surface area (TPSA) is 90.2 Å². The van der Waals surface area contributed by atoms with Crippen molar-refractivity contribution in [2.75, 3.05) is 24.7 Å². The van der Waals surface area contributed by atoms with E-state index < -0.39 is 14.6 Å². The van der Waals surface area contributed by atoms with Crippen LogP contribution >= 0.6 is 11.6 Å². The van der Waals surface area contributed by atoms with Gasteiger partial charge in [0.2, 0.25) is 5.28 Å². The Bertz CT molecular complexity index is 986. The van der Waals surface area contributed by atoms with E-state index in [1.165, 1.54) is 4.68 Å². The number of aryl methyl sites for hydroxylation is 2. The van der Waals surface area contributed by atoms with Crippen LogP contribution in [0.1, 0.15) is 31.2 Å². The van der Waals surface area contributed by atoms with E-state index >= 15 is 0 Å². The molecule has 0 bridgehead atoms. The van der Waals surface area contributed by atoms with Gasteiger partial charge in [0, 0.05) is 25.9 Å². The average molecular weight is 412 g/mol. The Morgan fingerprint density at radius 1 is 1.33 bits per heavy atom. The molecule has 2 fully saturated rings. The van der Waals surface area contributed by atoms with Crippen LogP contribution in [-0.2, 0) is 26.4 Å². The Morgan fingerprint density at radius 2 is 2.07 bits per heavy atom. The lowest BCUT2D eigenvalue weighted by atomic mass is 10.2.